The molecule has 28 heavy (non-hydrogen) atoms. The van der Waals surface area contributed by atoms with E-state index in [-0.39, 0.29) is 18.5 Å². The van der Waals surface area contributed by atoms with Gasteiger partial charge in [-0.1, -0.05) is 12.1 Å². The first kappa shape index (κ1) is 18.3. The Morgan fingerprint density at radius 2 is 2.18 bits per heavy atom. The summed E-state index contributed by atoms with van der Waals surface area (Å²) in [4.78, 5) is 26.6. The molecular weight excluding hydrogens is 352 g/mol. The first-order valence-corrected chi connectivity index (χ1v) is 9.73. The van der Waals surface area contributed by atoms with E-state index in [0.717, 1.165) is 54.0 Å². The fourth-order valence-corrected chi connectivity index (χ4v) is 3.78. The minimum atomic E-state index is 0.0160. The fourth-order valence-electron chi connectivity index (χ4n) is 3.78. The zero-order valence-corrected chi connectivity index (χ0v) is 16.3. The molecule has 7 nitrogen and oxygen atoms in total. The number of nitrogens with zero attached hydrogens (tertiary/aromatic N) is 3. The normalized spacial score (nSPS) is 16.9. The zero-order valence-electron chi connectivity index (χ0n) is 16.3. The van der Waals surface area contributed by atoms with Crippen LogP contribution in [-0.4, -0.2) is 46.5 Å². The second kappa shape index (κ2) is 7.88. The van der Waals surface area contributed by atoms with E-state index in [1.807, 2.05) is 19.2 Å². The smallest absolute Gasteiger partial charge is 0.239 e. The number of aromatic amines is 1. The van der Waals surface area contributed by atoms with Crippen LogP contribution in [0.25, 0.3) is 11.0 Å². The number of carbonyl (C=O) groups is 1. The van der Waals surface area contributed by atoms with Gasteiger partial charge < -0.3 is 20.5 Å². The highest BCUT2D eigenvalue weighted by Gasteiger charge is 2.23. The number of fused-ring (bicyclic) bond motifs is 1. The van der Waals surface area contributed by atoms with Crippen LogP contribution >= 0.6 is 0 Å². The van der Waals surface area contributed by atoms with Gasteiger partial charge >= 0.3 is 0 Å². The number of nitrogens with one attached hydrogen (secondary N) is 3. The van der Waals surface area contributed by atoms with Gasteiger partial charge in [-0.15, -0.1) is 0 Å². The van der Waals surface area contributed by atoms with E-state index < -0.39 is 0 Å². The largest absolute Gasteiger partial charge is 0.376 e. The second-order valence-electron chi connectivity index (χ2n) is 7.46. The molecule has 0 radical (unpaired) electrons. The lowest BCUT2D eigenvalue weighted by Crippen LogP contribution is -2.49. The number of H-pyrrole nitrogens is 1. The molecule has 0 unspecified atom stereocenters. The van der Waals surface area contributed by atoms with E-state index in [9.17, 15) is 4.79 Å². The molecule has 0 bridgehead atoms. The minimum absolute atomic E-state index is 0.0160. The molecule has 1 atom stereocenters. The number of hydrogen-bond acceptors (Lipinski definition) is 5. The van der Waals surface area contributed by atoms with Crippen molar-refractivity contribution in [2.45, 2.75) is 32.7 Å². The van der Waals surface area contributed by atoms with Crippen molar-refractivity contribution in [2.75, 3.05) is 29.9 Å². The summed E-state index contributed by atoms with van der Waals surface area (Å²) in [5, 5.41) is 7.45. The Balaban J connectivity index is 1.36. The molecule has 1 saturated heterocycles. The van der Waals surface area contributed by atoms with Gasteiger partial charge in [0.1, 0.15) is 17.8 Å². The standard InChI is InChI=1S/C21H26N6O/c1-14-5-6-15(2)18(10-14)23-11-19(28)26-16-4-3-9-27(12-16)21-17-7-8-22-20(17)24-13-25-21/h5-8,10,13,16,23H,3-4,9,11-12H2,1-2H3,(H,26,28)(H,22,24,25)/t16-/m1/s1. The molecule has 1 aliphatic heterocycles. The van der Waals surface area contributed by atoms with Gasteiger partial charge in [0.05, 0.1) is 11.9 Å². The van der Waals surface area contributed by atoms with Gasteiger partial charge in [-0.2, -0.15) is 0 Å². The molecule has 0 spiro atoms. The lowest BCUT2D eigenvalue weighted by atomic mass is 10.1. The molecular formula is C21H26N6O. The van der Waals surface area contributed by atoms with Crippen molar-refractivity contribution in [2.24, 2.45) is 0 Å². The van der Waals surface area contributed by atoms with Crippen LogP contribution in [0.2, 0.25) is 0 Å². The maximum Gasteiger partial charge on any atom is 0.239 e. The van der Waals surface area contributed by atoms with Crippen LogP contribution in [0, 0.1) is 13.8 Å². The average Bonchev–Trinajstić information content (AvgIpc) is 3.18. The van der Waals surface area contributed by atoms with Gasteiger partial charge in [0.25, 0.3) is 0 Å². The molecule has 4 rings (SSSR count). The van der Waals surface area contributed by atoms with E-state index in [2.05, 4.69) is 55.6 Å². The van der Waals surface area contributed by atoms with Crippen molar-refractivity contribution in [1.29, 1.82) is 0 Å². The number of aryl methyl sites for hydroxylation is 2. The lowest BCUT2D eigenvalue weighted by Gasteiger charge is -2.34. The summed E-state index contributed by atoms with van der Waals surface area (Å²) in [6.07, 6.45) is 5.47. The Bertz CT molecular complexity index is 982. The molecule has 0 saturated carbocycles. The maximum atomic E-state index is 12.5. The molecule has 3 aromatic rings. The molecule has 0 aliphatic carbocycles. The average molecular weight is 378 g/mol. The van der Waals surface area contributed by atoms with Crippen LogP contribution in [0.3, 0.4) is 0 Å². The van der Waals surface area contributed by atoms with Gasteiger partial charge in [0.15, 0.2) is 0 Å². The van der Waals surface area contributed by atoms with Crippen LogP contribution in [0.15, 0.2) is 36.8 Å². The van der Waals surface area contributed by atoms with E-state index >= 15 is 0 Å². The number of piperidine rings is 1. The number of anilines is 2. The minimum Gasteiger partial charge on any atom is -0.376 e. The monoisotopic (exact) mass is 378 g/mol. The van der Waals surface area contributed by atoms with Gasteiger partial charge in [-0.05, 0) is 49.9 Å². The summed E-state index contributed by atoms with van der Waals surface area (Å²) >= 11 is 0. The van der Waals surface area contributed by atoms with Crippen LogP contribution < -0.4 is 15.5 Å². The SMILES string of the molecule is Cc1ccc(C)c(NCC(=O)N[C@@H]2CCCN(c3ncnc4[nH]ccc34)C2)c1. The van der Waals surface area contributed by atoms with Crippen molar-refractivity contribution in [3.63, 3.8) is 0 Å². The molecule has 1 amide bonds. The lowest BCUT2D eigenvalue weighted by molar-refractivity contribution is -0.120. The van der Waals surface area contributed by atoms with Crippen molar-refractivity contribution in [3.8, 4) is 0 Å². The number of carbonyl (C=O) groups excluding carboxylic acids is 1. The van der Waals surface area contributed by atoms with Crippen LogP contribution in [-0.2, 0) is 4.79 Å². The topological polar surface area (TPSA) is 85.9 Å². The molecule has 3 N–H and O–H groups in total. The number of benzene rings is 1. The molecule has 1 aliphatic rings. The van der Waals surface area contributed by atoms with Crippen LogP contribution in [0.1, 0.15) is 24.0 Å². The summed E-state index contributed by atoms with van der Waals surface area (Å²) in [5.74, 6) is 0.945. The predicted molar refractivity (Wildman–Crippen MR) is 112 cm³/mol. The summed E-state index contributed by atoms with van der Waals surface area (Å²) in [6.45, 7) is 6.06. The first-order chi connectivity index (χ1) is 13.6. The third-order valence-corrected chi connectivity index (χ3v) is 5.25. The van der Waals surface area contributed by atoms with Crippen molar-refractivity contribution in [3.05, 3.63) is 47.9 Å². The third-order valence-electron chi connectivity index (χ3n) is 5.25. The highest BCUT2D eigenvalue weighted by Crippen LogP contribution is 2.25. The van der Waals surface area contributed by atoms with Gasteiger partial charge in [-0.25, -0.2) is 9.97 Å². The first-order valence-electron chi connectivity index (χ1n) is 9.73. The molecule has 1 aromatic carbocycles. The zero-order chi connectivity index (χ0) is 19.5. The number of amides is 1. The summed E-state index contributed by atoms with van der Waals surface area (Å²) < 4.78 is 0. The predicted octanol–water partition coefficient (Wildman–Crippen LogP) is 2.77. The molecule has 2 aromatic heterocycles. The van der Waals surface area contributed by atoms with Crippen LogP contribution in [0.4, 0.5) is 11.5 Å². The highest BCUT2D eigenvalue weighted by molar-refractivity contribution is 5.87. The second-order valence-corrected chi connectivity index (χ2v) is 7.46. The number of hydrogen-bond donors (Lipinski definition) is 3. The summed E-state index contributed by atoms with van der Waals surface area (Å²) in [5.41, 5.74) is 4.17. The molecule has 7 heteroatoms. The van der Waals surface area contributed by atoms with Crippen molar-refractivity contribution in [1.82, 2.24) is 20.3 Å². The van der Waals surface area contributed by atoms with Crippen molar-refractivity contribution >= 4 is 28.4 Å². The summed E-state index contributed by atoms with van der Waals surface area (Å²) in [7, 11) is 0. The fraction of sp³-hybridized carbons (Fsp3) is 0.381. The Kier molecular flexibility index (Phi) is 5.14. The Hall–Kier alpha value is -3.09. The van der Waals surface area contributed by atoms with Gasteiger partial charge in [0.2, 0.25) is 5.91 Å². The Morgan fingerprint density at radius 1 is 1.29 bits per heavy atom. The Morgan fingerprint density at radius 3 is 3.07 bits per heavy atom. The summed E-state index contributed by atoms with van der Waals surface area (Å²) in [6, 6.07) is 8.33. The van der Waals surface area contributed by atoms with Gasteiger partial charge in [0, 0.05) is 31.0 Å². The maximum absolute atomic E-state index is 12.5. The molecule has 1 fully saturated rings. The van der Waals surface area contributed by atoms with E-state index in [1.54, 1.807) is 6.33 Å². The van der Waals surface area contributed by atoms with E-state index in [1.165, 1.54) is 5.56 Å². The van der Waals surface area contributed by atoms with Crippen LogP contribution in [0.5, 0.6) is 0 Å². The molecule has 3 heterocycles. The van der Waals surface area contributed by atoms with E-state index in [0.29, 0.717) is 0 Å². The van der Waals surface area contributed by atoms with Crippen molar-refractivity contribution < 1.29 is 4.79 Å². The van der Waals surface area contributed by atoms with E-state index in [4.69, 9.17) is 0 Å². The molecule has 146 valence electrons. The Labute approximate surface area is 164 Å². The highest BCUT2D eigenvalue weighted by atomic mass is 16.2. The third kappa shape index (κ3) is 3.93. The number of rotatable bonds is 5. The quantitative estimate of drug-likeness (QED) is 0.636. The van der Waals surface area contributed by atoms with Gasteiger partial charge in [-0.3, -0.25) is 4.79 Å². The number of aromatic nitrogens is 3.